The molecule has 3 fully saturated rings. The van der Waals surface area contributed by atoms with Crippen LogP contribution in [0.1, 0.15) is 132 Å². The number of piperidine rings is 2. The fourth-order valence-corrected chi connectivity index (χ4v) is 10.2. The third-order valence-electron chi connectivity index (χ3n) is 14.1. The van der Waals surface area contributed by atoms with Gasteiger partial charge in [-0.3, -0.25) is 10.1 Å². The average Bonchev–Trinajstić information content (AvgIpc) is 3.32. The number of ether oxygens (including phenoxy) is 3. The summed E-state index contributed by atoms with van der Waals surface area (Å²) in [5.41, 5.74) is 1.10. The van der Waals surface area contributed by atoms with Crippen LogP contribution in [0.15, 0.2) is 60.7 Å². The van der Waals surface area contributed by atoms with Crippen molar-refractivity contribution in [2.24, 2.45) is 11.8 Å². The number of amides is 3. The Bertz CT molecular complexity index is 2390. The van der Waals surface area contributed by atoms with E-state index in [1.54, 1.807) is 41.7 Å². The van der Waals surface area contributed by atoms with Crippen LogP contribution in [-0.2, 0) is 27.1 Å². The molecular weight excluding hydrogens is 888 g/mol. The Labute approximate surface area is 404 Å². The summed E-state index contributed by atoms with van der Waals surface area (Å²) in [6, 6.07) is 16.9. The molecule has 3 aromatic carbocycles. The van der Waals surface area contributed by atoms with Gasteiger partial charge in [0.2, 0.25) is 5.91 Å². The lowest BCUT2D eigenvalue weighted by molar-refractivity contribution is -0.138. The van der Waals surface area contributed by atoms with Crippen LogP contribution >= 0.6 is 0 Å². The Hall–Kier alpha value is -5.64. The molecule has 2 aliphatic heterocycles. The van der Waals surface area contributed by atoms with Crippen molar-refractivity contribution < 1.29 is 41.8 Å². The van der Waals surface area contributed by atoms with Gasteiger partial charge in [0.25, 0.3) is 0 Å². The van der Waals surface area contributed by atoms with E-state index in [-0.39, 0.29) is 35.1 Å². The number of aromatic nitrogens is 2. The summed E-state index contributed by atoms with van der Waals surface area (Å²) in [5, 5.41) is 6.50. The molecule has 3 amide bonds. The normalized spacial score (nSPS) is 19.1. The van der Waals surface area contributed by atoms with Crippen LogP contribution in [0.3, 0.4) is 0 Å². The van der Waals surface area contributed by atoms with Gasteiger partial charge in [-0.05, 0) is 165 Å². The minimum atomic E-state index is -4.66. The SMILES string of the molecule is COc1cc2nc(C)nc(N[C@H](C)c3cc(NC(=O)OC(C)(C)C)cc(C(F)(F)F)c3)c2cc1C1CCC(C(=O)N2CCC(CCCN(C)C3CCN(C(=O)OCc4ccccc4)CC3)CC2)CC1. The summed E-state index contributed by atoms with van der Waals surface area (Å²) in [6.45, 7) is 12.9. The molecule has 1 saturated carbocycles. The second kappa shape index (κ2) is 22.4. The Morgan fingerprint density at radius 1 is 0.870 bits per heavy atom. The van der Waals surface area contributed by atoms with Gasteiger partial charge in [0.1, 0.15) is 29.6 Å². The van der Waals surface area contributed by atoms with Gasteiger partial charge in [0.15, 0.2) is 0 Å². The molecule has 1 aliphatic carbocycles. The largest absolute Gasteiger partial charge is 0.496 e. The number of hydrogen-bond acceptors (Lipinski definition) is 10. The quantitative estimate of drug-likeness (QED) is 0.126. The van der Waals surface area contributed by atoms with Crippen molar-refractivity contribution in [2.75, 3.05) is 57.5 Å². The topological polar surface area (TPSA) is 138 Å². The zero-order valence-electron chi connectivity index (χ0n) is 41.3. The number of anilines is 2. The van der Waals surface area contributed by atoms with E-state index >= 15 is 0 Å². The van der Waals surface area contributed by atoms with Crippen molar-refractivity contribution in [1.29, 1.82) is 0 Å². The Balaban J connectivity index is 0.893. The van der Waals surface area contributed by atoms with Crippen LogP contribution in [-0.4, -0.2) is 101 Å². The second-order valence-corrected chi connectivity index (χ2v) is 20.3. The van der Waals surface area contributed by atoms with E-state index in [0.717, 1.165) is 107 Å². The number of methoxy groups -OCH3 is 1. The van der Waals surface area contributed by atoms with Gasteiger partial charge >= 0.3 is 18.4 Å². The van der Waals surface area contributed by atoms with Gasteiger partial charge in [-0.2, -0.15) is 13.2 Å². The number of halogens is 3. The number of carbonyl (C=O) groups is 3. The molecule has 374 valence electrons. The van der Waals surface area contributed by atoms with Gasteiger partial charge < -0.3 is 34.2 Å². The Morgan fingerprint density at radius 2 is 1.55 bits per heavy atom. The van der Waals surface area contributed by atoms with Crippen LogP contribution in [0.5, 0.6) is 5.75 Å². The molecule has 0 bridgehead atoms. The van der Waals surface area contributed by atoms with E-state index in [1.807, 2.05) is 47.4 Å². The smallest absolute Gasteiger partial charge is 0.416 e. The van der Waals surface area contributed by atoms with Crippen molar-refractivity contribution in [3.8, 4) is 5.75 Å². The number of likely N-dealkylation sites (tertiary alicyclic amines) is 2. The first kappa shape index (κ1) is 51.2. The highest BCUT2D eigenvalue weighted by Crippen LogP contribution is 2.43. The summed E-state index contributed by atoms with van der Waals surface area (Å²) in [4.78, 5) is 54.8. The molecule has 2 saturated heterocycles. The molecule has 1 atom stereocenters. The Kier molecular flexibility index (Phi) is 16.6. The second-order valence-electron chi connectivity index (χ2n) is 20.3. The molecule has 0 unspecified atom stereocenters. The minimum absolute atomic E-state index is 0.0266. The molecule has 7 rings (SSSR count). The number of aryl methyl sites for hydroxylation is 1. The molecule has 1 aromatic heterocycles. The number of hydrogen-bond donors (Lipinski definition) is 2. The maximum Gasteiger partial charge on any atom is 0.416 e. The molecule has 13 nitrogen and oxygen atoms in total. The maximum atomic E-state index is 14.1. The summed E-state index contributed by atoms with van der Waals surface area (Å²) in [6.07, 6.45) is 3.60. The van der Waals surface area contributed by atoms with Crippen LogP contribution < -0.4 is 15.4 Å². The van der Waals surface area contributed by atoms with Gasteiger partial charge in [0, 0.05) is 55.3 Å². The summed E-state index contributed by atoms with van der Waals surface area (Å²) in [5.74, 6) is 2.60. The molecule has 0 spiro atoms. The summed E-state index contributed by atoms with van der Waals surface area (Å²) < 4.78 is 59.1. The molecular formula is C53H70F3N7O6. The van der Waals surface area contributed by atoms with Crippen molar-refractivity contribution in [2.45, 2.75) is 135 Å². The molecule has 2 N–H and O–H groups in total. The molecule has 0 radical (unpaired) electrons. The number of benzene rings is 3. The standard InChI is InChI=1S/C53H70F3N7O6/c1-34(40-28-41(53(54,55)56)30-42(29-40)60-50(65)69-52(3,4)5)57-48-45-31-44(47(67-7)32-46(45)58-35(2)59-48)38-15-17-39(18-16-38)49(64)62-24-19-36(20-25-62)14-11-23-61(6)43-21-26-63(27-22-43)51(66)68-33-37-12-9-8-10-13-37/h8-10,12-13,28-32,34,36,38-39,43H,11,14-27,33H2,1-7H3,(H,60,65)(H,57,58,59)/t34-,38?,39?/m1/s1. The monoisotopic (exact) mass is 958 g/mol. The first-order chi connectivity index (χ1) is 32.8. The van der Waals surface area contributed by atoms with E-state index < -0.39 is 29.5 Å². The number of fused-ring (bicyclic) bond motifs is 1. The highest BCUT2D eigenvalue weighted by molar-refractivity contribution is 5.91. The van der Waals surface area contributed by atoms with Gasteiger partial charge in [0.05, 0.1) is 24.2 Å². The first-order valence-corrected chi connectivity index (χ1v) is 24.6. The van der Waals surface area contributed by atoms with Crippen LogP contribution in [0, 0.1) is 18.8 Å². The van der Waals surface area contributed by atoms with E-state index in [2.05, 4.69) is 32.5 Å². The number of nitrogens with zero attached hydrogens (tertiary/aromatic N) is 5. The van der Waals surface area contributed by atoms with Crippen LogP contribution in [0.25, 0.3) is 10.9 Å². The molecule has 16 heteroatoms. The third kappa shape index (κ3) is 13.8. The highest BCUT2D eigenvalue weighted by atomic mass is 19.4. The summed E-state index contributed by atoms with van der Waals surface area (Å²) in [7, 11) is 3.83. The van der Waals surface area contributed by atoms with E-state index in [0.29, 0.717) is 60.0 Å². The highest BCUT2D eigenvalue weighted by Gasteiger charge is 2.35. The number of nitrogens with one attached hydrogen (secondary N) is 2. The van der Waals surface area contributed by atoms with E-state index in [9.17, 15) is 27.6 Å². The number of carbonyl (C=O) groups excluding carboxylic acids is 3. The lowest BCUT2D eigenvalue weighted by atomic mass is 9.77. The molecule has 3 heterocycles. The van der Waals surface area contributed by atoms with Crippen LogP contribution in [0.4, 0.5) is 34.3 Å². The number of rotatable bonds is 14. The van der Waals surface area contributed by atoms with Gasteiger partial charge in [-0.25, -0.2) is 19.6 Å². The maximum absolute atomic E-state index is 14.1. The van der Waals surface area contributed by atoms with Crippen molar-refractivity contribution in [3.63, 3.8) is 0 Å². The first-order valence-electron chi connectivity index (χ1n) is 24.6. The lowest BCUT2D eigenvalue weighted by Gasteiger charge is -2.37. The lowest BCUT2D eigenvalue weighted by Crippen LogP contribution is -2.46. The zero-order valence-corrected chi connectivity index (χ0v) is 41.3. The molecule has 3 aliphatic rings. The number of alkyl halides is 3. The third-order valence-corrected chi connectivity index (χ3v) is 14.1. The predicted molar refractivity (Wildman–Crippen MR) is 261 cm³/mol. The van der Waals surface area contributed by atoms with Crippen LogP contribution in [0.2, 0.25) is 0 Å². The van der Waals surface area contributed by atoms with E-state index in [4.69, 9.17) is 19.2 Å². The van der Waals surface area contributed by atoms with E-state index in [1.165, 1.54) is 6.07 Å². The molecule has 4 aromatic rings. The van der Waals surface area contributed by atoms with Crippen molar-refractivity contribution in [3.05, 3.63) is 88.7 Å². The van der Waals surface area contributed by atoms with Gasteiger partial charge in [-0.1, -0.05) is 30.3 Å². The Morgan fingerprint density at radius 3 is 2.20 bits per heavy atom. The summed E-state index contributed by atoms with van der Waals surface area (Å²) >= 11 is 0. The molecule has 69 heavy (non-hydrogen) atoms. The fraction of sp³-hybridized carbons (Fsp3) is 0.566. The fourth-order valence-electron chi connectivity index (χ4n) is 10.2. The minimum Gasteiger partial charge on any atom is -0.496 e. The zero-order chi connectivity index (χ0) is 49.5. The predicted octanol–water partition coefficient (Wildman–Crippen LogP) is 11.5. The van der Waals surface area contributed by atoms with Gasteiger partial charge in [-0.15, -0.1) is 0 Å². The average molecular weight is 958 g/mol. The van der Waals surface area contributed by atoms with Crippen molar-refractivity contribution in [1.82, 2.24) is 24.7 Å². The van der Waals surface area contributed by atoms with Crippen molar-refractivity contribution >= 4 is 40.5 Å².